The number of aromatic nitrogens is 4. The summed E-state index contributed by atoms with van der Waals surface area (Å²) in [4.78, 5) is 13.0. The van der Waals surface area contributed by atoms with E-state index in [-0.39, 0.29) is 21.9 Å². The molecule has 2 aromatic carbocycles. The standard InChI is InChI=1S/C20H22N6O6S/c1-32-18-7-4-13(20(28)29)9-19(18)33(30,31)22-16-10-14(26-12-21-23-24-26)5-6-17(16)25-8-2-3-15(27)11-25/h4-7,9-10,12,15,22,27H,2-3,8,11H2,1H3,(H,28,29)/t15-/m1/s1. The number of sulfonamides is 1. The van der Waals surface area contributed by atoms with Crippen molar-refractivity contribution in [1.82, 2.24) is 20.2 Å². The van der Waals surface area contributed by atoms with Crippen molar-refractivity contribution in [2.75, 3.05) is 29.8 Å². The number of nitrogens with one attached hydrogen (secondary N) is 1. The van der Waals surface area contributed by atoms with Crippen molar-refractivity contribution in [2.45, 2.75) is 23.8 Å². The van der Waals surface area contributed by atoms with Gasteiger partial charge in [-0.15, -0.1) is 5.10 Å². The minimum absolute atomic E-state index is 0.000856. The molecule has 3 aromatic rings. The topological polar surface area (TPSA) is 160 Å². The zero-order chi connectivity index (χ0) is 23.6. The number of anilines is 2. The predicted molar refractivity (Wildman–Crippen MR) is 117 cm³/mol. The normalized spacial score (nSPS) is 16.4. The molecule has 3 N–H and O–H groups in total. The van der Waals surface area contributed by atoms with Crippen LogP contribution >= 0.6 is 0 Å². The summed E-state index contributed by atoms with van der Waals surface area (Å²) < 4.78 is 35.8. The Hall–Kier alpha value is -3.71. The smallest absolute Gasteiger partial charge is 0.335 e. The van der Waals surface area contributed by atoms with Gasteiger partial charge in [0.15, 0.2) is 0 Å². The molecule has 0 spiro atoms. The third-order valence-electron chi connectivity index (χ3n) is 5.28. The Morgan fingerprint density at radius 2 is 2.06 bits per heavy atom. The third-order valence-corrected chi connectivity index (χ3v) is 6.66. The van der Waals surface area contributed by atoms with Crippen molar-refractivity contribution in [2.24, 2.45) is 0 Å². The molecular weight excluding hydrogens is 452 g/mol. The third kappa shape index (κ3) is 4.73. The van der Waals surface area contributed by atoms with Crippen LogP contribution in [-0.4, -0.2) is 71.1 Å². The van der Waals surface area contributed by atoms with Crippen molar-refractivity contribution in [3.05, 3.63) is 48.3 Å². The molecule has 1 aromatic heterocycles. The number of ether oxygens (including phenoxy) is 1. The van der Waals surface area contributed by atoms with E-state index >= 15 is 0 Å². The number of aliphatic hydroxyl groups excluding tert-OH is 1. The van der Waals surface area contributed by atoms with Crippen molar-refractivity contribution in [1.29, 1.82) is 0 Å². The number of carbonyl (C=O) groups is 1. The van der Waals surface area contributed by atoms with Crippen molar-refractivity contribution in [3.8, 4) is 11.4 Å². The van der Waals surface area contributed by atoms with E-state index in [4.69, 9.17) is 4.74 Å². The molecule has 1 fully saturated rings. The second-order valence-electron chi connectivity index (χ2n) is 7.47. The van der Waals surface area contributed by atoms with Gasteiger partial charge < -0.3 is 19.8 Å². The van der Waals surface area contributed by atoms with E-state index < -0.39 is 22.1 Å². The fraction of sp³-hybridized carbons (Fsp3) is 0.300. The summed E-state index contributed by atoms with van der Waals surface area (Å²) in [6.45, 7) is 0.977. The molecule has 0 unspecified atom stereocenters. The highest BCUT2D eigenvalue weighted by Crippen LogP contribution is 2.34. The Labute approximate surface area is 189 Å². The largest absolute Gasteiger partial charge is 0.495 e. The van der Waals surface area contributed by atoms with Gasteiger partial charge in [-0.1, -0.05) is 0 Å². The van der Waals surface area contributed by atoms with Gasteiger partial charge in [0.05, 0.1) is 35.8 Å². The Balaban J connectivity index is 1.79. The lowest BCUT2D eigenvalue weighted by Gasteiger charge is -2.33. The maximum Gasteiger partial charge on any atom is 0.335 e. The first-order chi connectivity index (χ1) is 15.8. The molecule has 33 heavy (non-hydrogen) atoms. The maximum atomic E-state index is 13.4. The van der Waals surface area contributed by atoms with E-state index in [1.165, 1.54) is 30.3 Å². The lowest BCUT2D eigenvalue weighted by molar-refractivity contribution is 0.0696. The van der Waals surface area contributed by atoms with Gasteiger partial charge in [-0.05, 0) is 59.7 Å². The van der Waals surface area contributed by atoms with Crippen LogP contribution in [-0.2, 0) is 10.0 Å². The number of tetrazole rings is 1. The Bertz CT molecular complexity index is 1260. The lowest BCUT2D eigenvalue weighted by Crippen LogP contribution is -2.38. The SMILES string of the molecule is COc1ccc(C(=O)O)cc1S(=O)(=O)Nc1cc(-n2cnnn2)ccc1N1CCC[C@@H](O)C1. The molecule has 0 aliphatic carbocycles. The predicted octanol–water partition coefficient (Wildman–Crippen LogP) is 1.13. The molecule has 0 radical (unpaired) electrons. The van der Waals surface area contributed by atoms with Gasteiger partial charge in [0.2, 0.25) is 0 Å². The summed E-state index contributed by atoms with van der Waals surface area (Å²) in [6.07, 6.45) is 2.25. The van der Waals surface area contributed by atoms with Crippen molar-refractivity contribution in [3.63, 3.8) is 0 Å². The Morgan fingerprint density at radius 3 is 2.73 bits per heavy atom. The van der Waals surface area contributed by atoms with E-state index in [2.05, 4.69) is 20.2 Å². The fourth-order valence-corrected chi connectivity index (χ4v) is 4.96. The number of carboxylic acids is 1. The number of nitrogens with zero attached hydrogens (tertiary/aromatic N) is 5. The number of hydrogen-bond donors (Lipinski definition) is 3. The molecule has 0 amide bonds. The molecule has 0 saturated carbocycles. The lowest BCUT2D eigenvalue weighted by atomic mass is 10.1. The number of aromatic carboxylic acids is 1. The summed E-state index contributed by atoms with van der Waals surface area (Å²) in [5.41, 5.74) is 1.09. The van der Waals surface area contributed by atoms with Crippen LogP contribution in [0.1, 0.15) is 23.2 Å². The van der Waals surface area contributed by atoms with Gasteiger partial charge in [-0.25, -0.2) is 17.9 Å². The highest BCUT2D eigenvalue weighted by molar-refractivity contribution is 7.92. The van der Waals surface area contributed by atoms with E-state index in [9.17, 15) is 23.4 Å². The first kappa shape index (κ1) is 22.5. The average molecular weight is 474 g/mol. The highest BCUT2D eigenvalue weighted by atomic mass is 32.2. The molecule has 0 bridgehead atoms. The quantitative estimate of drug-likeness (QED) is 0.453. The van der Waals surface area contributed by atoms with Crippen LogP contribution in [0, 0.1) is 0 Å². The van der Waals surface area contributed by atoms with E-state index in [0.717, 1.165) is 12.5 Å². The molecule has 13 heteroatoms. The fourth-order valence-electron chi connectivity index (χ4n) is 3.70. The summed E-state index contributed by atoms with van der Waals surface area (Å²) in [5, 5.41) is 30.5. The van der Waals surface area contributed by atoms with Crippen LogP contribution in [0.25, 0.3) is 5.69 Å². The zero-order valence-electron chi connectivity index (χ0n) is 17.6. The average Bonchev–Trinajstić information content (AvgIpc) is 3.33. The molecule has 2 heterocycles. The second kappa shape index (κ2) is 9.03. The second-order valence-corrected chi connectivity index (χ2v) is 9.13. The number of carboxylic acid groups (broad SMARTS) is 1. The molecule has 1 saturated heterocycles. The van der Waals surface area contributed by atoms with Crippen LogP contribution in [0.3, 0.4) is 0 Å². The number of β-amino-alcohol motifs (C(OH)–C–C–N with tert-alkyl or cyclic N) is 1. The van der Waals surface area contributed by atoms with Gasteiger partial charge in [-0.3, -0.25) is 4.72 Å². The molecular formula is C20H22N6O6S. The van der Waals surface area contributed by atoms with Gasteiger partial charge in [-0.2, -0.15) is 0 Å². The van der Waals surface area contributed by atoms with E-state index in [1.54, 1.807) is 18.2 Å². The molecule has 1 aliphatic rings. The number of hydrogen-bond acceptors (Lipinski definition) is 9. The van der Waals surface area contributed by atoms with Crippen LogP contribution in [0.15, 0.2) is 47.6 Å². The number of rotatable bonds is 7. The summed E-state index contributed by atoms with van der Waals surface area (Å²) in [6, 6.07) is 8.61. The Morgan fingerprint density at radius 1 is 1.24 bits per heavy atom. The van der Waals surface area contributed by atoms with Crippen molar-refractivity contribution >= 4 is 27.4 Å². The van der Waals surface area contributed by atoms with Crippen LogP contribution in [0.4, 0.5) is 11.4 Å². The Kier molecular flexibility index (Phi) is 6.16. The number of methoxy groups -OCH3 is 1. The summed E-state index contributed by atoms with van der Waals surface area (Å²) >= 11 is 0. The maximum absolute atomic E-state index is 13.4. The van der Waals surface area contributed by atoms with E-state index in [0.29, 0.717) is 30.9 Å². The minimum Gasteiger partial charge on any atom is -0.495 e. The first-order valence-corrected chi connectivity index (χ1v) is 11.5. The monoisotopic (exact) mass is 474 g/mol. The number of benzene rings is 2. The van der Waals surface area contributed by atoms with Crippen LogP contribution < -0.4 is 14.4 Å². The van der Waals surface area contributed by atoms with Gasteiger partial charge >= 0.3 is 5.97 Å². The highest BCUT2D eigenvalue weighted by Gasteiger charge is 2.26. The molecule has 1 aliphatic heterocycles. The minimum atomic E-state index is -4.26. The van der Waals surface area contributed by atoms with Crippen molar-refractivity contribution < 1.29 is 28.2 Å². The van der Waals surface area contributed by atoms with Crippen LogP contribution in [0.2, 0.25) is 0 Å². The summed E-state index contributed by atoms with van der Waals surface area (Å²) in [5.74, 6) is -1.27. The first-order valence-electron chi connectivity index (χ1n) is 10.0. The molecule has 12 nitrogen and oxygen atoms in total. The molecule has 1 atom stereocenters. The zero-order valence-corrected chi connectivity index (χ0v) is 18.4. The van der Waals surface area contributed by atoms with Crippen LogP contribution in [0.5, 0.6) is 5.75 Å². The number of piperidine rings is 1. The summed E-state index contributed by atoms with van der Waals surface area (Å²) in [7, 11) is -2.96. The molecule has 174 valence electrons. The van der Waals surface area contributed by atoms with Gasteiger partial charge in [0, 0.05) is 13.1 Å². The van der Waals surface area contributed by atoms with Gasteiger partial charge in [0.1, 0.15) is 17.0 Å². The van der Waals surface area contributed by atoms with Gasteiger partial charge in [0.25, 0.3) is 10.0 Å². The number of aliphatic hydroxyl groups is 1. The molecule has 4 rings (SSSR count). The van der Waals surface area contributed by atoms with E-state index in [1.807, 2.05) is 4.90 Å².